The van der Waals surface area contributed by atoms with Gasteiger partial charge in [-0.25, -0.2) is 4.79 Å². The zero-order valence-corrected chi connectivity index (χ0v) is 14.0. The van der Waals surface area contributed by atoms with Crippen LogP contribution in [0.2, 0.25) is 0 Å². The molecule has 0 unspecified atom stereocenters. The molecule has 3 rings (SSSR count). The van der Waals surface area contributed by atoms with Gasteiger partial charge in [-0.15, -0.1) is 0 Å². The quantitative estimate of drug-likeness (QED) is 0.886. The summed E-state index contributed by atoms with van der Waals surface area (Å²) in [4.78, 5) is 25.5. The van der Waals surface area contributed by atoms with Crippen LogP contribution in [0.4, 0.5) is 0 Å². The van der Waals surface area contributed by atoms with Gasteiger partial charge in [-0.05, 0) is 67.9 Å². The van der Waals surface area contributed by atoms with Gasteiger partial charge < -0.3 is 15.3 Å². The highest BCUT2D eigenvalue weighted by atomic mass is 16.4. The van der Waals surface area contributed by atoms with E-state index in [1.165, 1.54) is 0 Å². The van der Waals surface area contributed by atoms with Crippen molar-refractivity contribution in [2.24, 2.45) is 5.92 Å². The third-order valence-electron chi connectivity index (χ3n) is 4.84. The topological polar surface area (TPSA) is 69.6 Å². The standard InChI is InChI=1S/C19H22N2O3/c1-21(2)17-7-12(8-17)11-20-18(22)15-5-3-14-10-16(19(23)24)6-4-13(14)9-15/h3-6,9-10,12,17H,7-8,11H2,1-2H3,(H,20,22)(H,23,24). The second kappa shape index (κ2) is 6.61. The lowest BCUT2D eigenvalue weighted by molar-refractivity contribution is 0.0696. The number of rotatable bonds is 5. The van der Waals surface area contributed by atoms with Crippen LogP contribution in [0.15, 0.2) is 36.4 Å². The summed E-state index contributed by atoms with van der Waals surface area (Å²) >= 11 is 0. The van der Waals surface area contributed by atoms with Crippen molar-refractivity contribution in [3.05, 3.63) is 47.5 Å². The molecule has 2 aromatic rings. The molecule has 1 aliphatic carbocycles. The average Bonchev–Trinajstić information content (AvgIpc) is 2.51. The average molecular weight is 326 g/mol. The van der Waals surface area contributed by atoms with Crippen LogP contribution in [0.25, 0.3) is 10.8 Å². The number of fused-ring (bicyclic) bond motifs is 1. The maximum atomic E-state index is 12.3. The maximum absolute atomic E-state index is 12.3. The van der Waals surface area contributed by atoms with Gasteiger partial charge in [0.2, 0.25) is 0 Å². The van der Waals surface area contributed by atoms with E-state index in [9.17, 15) is 9.59 Å². The van der Waals surface area contributed by atoms with Crippen molar-refractivity contribution in [1.82, 2.24) is 10.2 Å². The molecule has 0 heterocycles. The molecule has 0 spiro atoms. The summed E-state index contributed by atoms with van der Waals surface area (Å²) < 4.78 is 0. The molecule has 5 nitrogen and oxygen atoms in total. The van der Waals surface area contributed by atoms with E-state index in [4.69, 9.17) is 5.11 Å². The van der Waals surface area contributed by atoms with Gasteiger partial charge >= 0.3 is 5.97 Å². The first-order chi connectivity index (χ1) is 11.4. The Bertz CT molecular complexity index is 779. The number of nitrogens with one attached hydrogen (secondary N) is 1. The van der Waals surface area contributed by atoms with Crippen LogP contribution < -0.4 is 5.32 Å². The van der Waals surface area contributed by atoms with Crippen molar-refractivity contribution >= 4 is 22.6 Å². The summed E-state index contributed by atoms with van der Waals surface area (Å²) in [6, 6.07) is 10.9. The number of benzene rings is 2. The largest absolute Gasteiger partial charge is 0.478 e. The predicted octanol–water partition coefficient (Wildman–Crippen LogP) is 2.61. The van der Waals surface area contributed by atoms with E-state index < -0.39 is 5.97 Å². The highest BCUT2D eigenvalue weighted by Gasteiger charge is 2.30. The normalized spacial score (nSPS) is 20.0. The minimum absolute atomic E-state index is 0.0764. The third-order valence-corrected chi connectivity index (χ3v) is 4.84. The number of nitrogens with zero attached hydrogens (tertiary/aromatic N) is 1. The van der Waals surface area contributed by atoms with E-state index in [1.54, 1.807) is 36.4 Å². The highest BCUT2D eigenvalue weighted by molar-refractivity contribution is 6.00. The maximum Gasteiger partial charge on any atom is 0.335 e. The summed E-state index contributed by atoms with van der Waals surface area (Å²) in [6.45, 7) is 0.708. The lowest BCUT2D eigenvalue weighted by Gasteiger charge is -2.39. The number of carboxylic acid groups (broad SMARTS) is 1. The number of carbonyl (C=O) groups excluding carboxylic acids is 1. The molecular formula is C19H22N2O3. The van der Waals surface area contributed by atoms with Gasteiger partial charge in [-0.3, -0.25) is 4.79 Å². The van der Waals surface area contributed by atoms with E-state index in [2.05, 4.69) is 24.3 Å². The van der Waals surface area contributed by atoms with Crippen molar-refractivity contribution in [2.75, 3.05) is 20.6 Å². The van der Waals surface area contributed by atoms with Crippen LogP contribution in [0, 0.1) is 5.92 Å². The summed E-state index contributed by atoms with van der Waals surface area (Å²) in [5.74, 6) is -0.470. The Morgan fingerprint density at radius 3 is 2.25 bits per heavy atom. The summed E-state index contributed by atoms with van der Waals surface area (Å²) in [6.07, 6.45) is 2.26. The number of carbonyl (C=O) groups is 2. The fourth-order valence-electron chi connectivity index (χ4n) is 3.15. The number of hydrogen-bond acceptors (Lipinski definition) is 3. The Kier molecular flexibility index (Phi) is 4.53. The van der Waals surface area contributed by atoms with Gasteiger partial charge in [0, 0.05) is 18.2 Å². The molecule has 0 bridgehead atoms. The molecular weight excluding hydrogens is 304 g/mol. The molecule has 0 radical (unpaired) electrons. The van der Waals surface area contributed by atoms with Gasteiger partial charge in [-0.1, -0.05) is 12.1 Å². The Morgan fingerprint density at radius 1 is 1.08 bits per heavy atom. The van der Waals surface area contributed by atoms with Gasteiger partial charge in [0.05, 0.1) is 5.56 Å². The van der Waals surface area contributed by atoms with E-state index in [-0.39, 0.29) is 11.5 Å². The molecule has 1 amide bonds. The predicted molar refractivity (Wildman–Crippen MR) is 93.4 cm³/mol. The number of aromatic carboxylic acids is 1. The van der Waals surface area contributed by atoms with Gasteiger partial charge in [-0.2, -0.15) is 0 Å². The lowest BCUT2D eigenvalue weighted by atomic mass is 9.79. The minimum Gasteiger partial charge on any atom is -0.478 e. The smallest absolute Gasteiger partial charge is 0.335 e. The van der Waals surface area contributed by atoms with Crippen molar-refractivity contribution in [1.29, 1.82) is 0 Å². The van der Waals surface area contributed by atoms with Crippen LogP contribution in [0.3, 0.4) is 0 Å². The summed E-state index contributed by atoms with van der Waals surface area (Å²) in [7, 11) is 4.18. The van der Waals surface area contributed by atoms with Crippen LogP contribution in [-0.4, -0.2) is 48.6 Å². The van der Waals surface area contributed by atoms with Crippen LogP contribution in [-0.2, 0) is 0 Å². The van der Waals surface area contributed by atoms with Crippen LogP contribution in [0.5, 0.6) is 0 Å². The molecule has 0 atom stereocenters. The molecule has 126 valence electrons. The molecule has 2 aromatic carbocycles. The van der Waals surface area contributed by atoms with Crippen molar-refractivity contribution in [2.45, 2.75) is 18.9 Å². The molecule has 0 aromatic heterocycles. The first kappa shape index (κ1) is 16.5. The highest BCUT2D eigenvalue weighted by Crippen LogP contribution is 2.29. The number of carboxylic acids is 1. The van der Waals surface area contributed by atoms with Crippen molar-refractivity contribution in [3.8, 4) is 0 Å². The van der Waals surface area contributed by atoms with E-state index in [1.807, 2.05) is 0 Å². The molecule has 1 aliphatic rings. The Balaban J connectivity index is 1.63. The molecule has 0 aliphatic heterocycles. The number of hydrogen-bond donors (Lipinski definition) is 2. The monoisotopic (exact) mass is 326 g/mol. The van der Waals surface area contributed by atoms with E-state index in [0.29, 0.717) is 24.1 Å². The van der Waals surface area contributed by atoms with Gasteiger partial charge in [0.25, 0.3) is 5.91 Å². The molecule has 24 heavy (non-hydrogen) atoms. The fourth-order valence-corrected chi connectivity index (χ4v) is 3.15. The second-order valence-electron chi connectivity index (χ2n) is 6.75. The summed E-state index contributed by atoms with van der Waals surface area (Å²) in [5, 5.41) is 13.7. The molecule has 1 fully saturated rings. The van der Waals surface area contributed by atoms with Crippen LogP contribution >= 0.6 is 0 Å². The lowest BCUT2D eigenvalue weighted by Crippen LogP contribution is -2.45. The summed E-state index contributed by atoms with van der Waals surface area (Å²) in [5.41, 5.74) is 0.856. The zero-order chi connectivity index (χ0) is 17.3. The number of amides is 1. The molecule has 1 saturated carbocycles. The van der Waals surface area contributed by atoms with Crippen molar-refractivity contribution < 1.29 is 14.7 Å². The van der Waals surface area contributed by atoms with Crippen molar-refractivity contribution in [3.63, 3.8) is 0 Å². The van der Waals surface area contributed by atoms with E-state index >= 15 is 0 Å². The SMILES string of the molecule is CN(C)C1CC(CNC(=O)c2ccc3cc(C(=O)O)ccc3c2)C1. The Morgan fingerprint density at radius 2 is 1.67 bits per heavy atom. The minimum atomic E-state index is -0.949. The Labute approximate surface area is 141 Å². The second-order valence-corrected chi connectivity index (χ2v) is 6.75. The molecule has 0 saturated heterocycles. The van der Waals surface area contributed by atoms with Crippen LogP contribution in [0.1, 0.15) is 33.6 Å². The zero-order valence-electron chi connectivity index (χ0n) is 14.0. The fraction of sp³-hybridized carbons (Fsp3) is 0.368. The van der Waals surface area contributed by atoms with Gasteiger partial charge in [0.1, 0.15) is 0 Å². The first-order valence-corrected chi connectivity index (χ1v) is 8.16. The molecule has 5 heteroatoms. The molecule has 2 N–H and O–H groups in total. The third kappa shape index (κ3) is 3.41. The first-order valence-electron chi connectivity index (χ1n) is 8.16. The van der Waals surface area contributed by atoms with E-state index in [0.717, 1.165) is 23.6 Å². The van der Waals surface area contributed by atoms with Gasteiger partial charge in [0.15, 0.2) is 0 Å². The Hall–Kier alpha value is -2.40.